The van der Waals surface area contributed by atoms with Gasteiger partial charge >= 0.3 is 5.97 Å². The van der Waals surface area contributed by atoms with E-state index in [0.29, 0.717) is 17.3 Å². The fraction of sp³-hybridized carbons (Fsp3) is 0.200. The Hall–Kier alpha value is -3.68. The summed E-state index contributed by atoms with van der Waals surface area (Å²) < 4.78 is 15.9. The summed E-state index contributed by atoms with van der Waals surface area (Å²) in [5.74, 6) is 0.375. The first-order chi connectivity index (χ1) is 13.7. The van der Waals surface area contributed by atoms with Crippen molar-refractivity contribution in [3.05, 3.63) is 60.5 Å². The first-order valence-corrected chi connectivity index (χ1v) is 8.76. The lowest BCUT2D eigenvalue weighted by molar-refractivity contribution is -0.144. The van der Waals surface area contributed by atoms with E-state index in [1.54, 1.807) is 18.2 Å². The fourth-order valence-electron chi connectivity index (χ4n) is 2.83. The monoisotopic (exact) mass is 379 g/mol. The van der Waals surface area contributed by atoms with E-state index in [-0.39, 0.29) is 38.0 Å². The Bertz CT molecular complexity index is 986. The minimum absolute atomic E-state index is 0.168. The summed E-state index contributed by atoms with van der Waals surface area (Å²) in [7, 11) is 0. The van der Waals surface area contributed by atoms with Gasteiger partial charge in [-0.25, -0.2) is 0 Å². The van der Waals surface area contributed by atoms with Crippen LogP contribution in [-0.2, 0) is 20.9 Å². The largest absolute Gasteiger partial charge is 0.491 e. The van der Waals surface area contributed by atoms with Crippen molar-refractivity contribution in [1.82, 2.24) is 10.1 Å². The Morgan fingerprint density at radius 1 is 1.11 bits per heavy atom. The Balaban J connectivity index is 1.40. The number of anilines is 1. The van der Waals surface area contributed by atoms with Crippen LogP contribution in [0.4, 0.5) is 5.69 Å². The predicted octanol–water partition coefficient (Wildman–Crippen LogP) is 2.60. The molecule has 0 saturated carbocycles. The van der Waals surface area contributed by atoms with Gasteiger partial charge in [0.2, 0.25) is 11.7 Å². The van der Waals surface area contributed by atoms with Crippen molar-refractivity contribution in [2.24, 2.45) is 0 Å². The van der Waals surface area contributed by atoms with Gasteiger partial charge in [-0.3, -0.25) is 14.5 Å². The van der Waals surface area contributed by atoms with Gasteiger partial charge in [0, 0.05) is 5.56 Å². The van der Waals surface area contributed by atoms with Crippen LogP contribution in [0, 0.1) is 0 Å². The molecule has 2 aromatic carbocycles. The van der Waals surface area contributed by atoms with E-state index in [1.807, 2.05) is 36.4 Å². The summed E-state index contributed by atoms with van der Waals surface area (Å²) in [5, 5.41) is 3.88. The maximum absolute atomic E-state index is 12.3. The minimum Gasteiger partial charge on any atom is -0.491 e. The van der Waals surface area contributed by atoms with Crippen LogP contribution in [0.3, 0.4) is 0 Å². The van der Waals surface area contributed by atoms with Crippen molar-refractivity contribution in [3.8, 4) is 17.1 Å². The lowest BCUT2D eigenvalue weighted by Gasteiger charge is -2.20. The molecule has 0 spiro atoms. The minimum atomic E-state index is -0.579. The Morgan fingerprint density at radius 2 is 1.89 bits per heavy atom. The molecule has 0 bridgehead atoms. The number of carbonyl (C=O) groups is 2. The second-order valence-electron chi connectivity index (χ2n) is 6.08. The van der Waals surface area contributed by atoms with Crippen molar-refractivity contribution in [1.29, 1.82) is 0 Å². The average Bonchev–Trinajstić information content (AvgIpc) is 3.15. The molecule has 8 heteroatoms. The number of ether oxygens (including phenoxy) is 2. The number of carbonyl (C=O) groups excluding carboxylic acids is 2. The zero-order valence-electron chi connectivity index (χ0n) is 14.9. The quantitative estimate of drug-likeness (QED) is 0.629. The molecule has 1 aliphatic heterocycles. The maximum Gasteiger partial charge on any atom is 0.326 e. The number of hydrogen-bond acceptors (Lipinski definition) is 7. The van der Waals surface area contributed by atoms with E-state index in [9.17, 15) is 9.59 Å². The molecule has 8 nitrogen and oxygen atoms in total. The van der Waals surface area contributed by atoms with Crippen LogP contribution in [0.5, 0.6) is 5.75 Å². The molecule has 1 aromatic heterocycles. The van der Waals surface area contributed by atoms with E-state index in [4.69, 9.17) is 14.0 Å². The Morgan fingerprint density at radius 3 is 2.75 bits per heavy atom. The number of rotatable bonds is 5. The van der Waals surface area contributed by atoms with Gasteiger partial charge in [0.1, 0.15) is 12.3 Å². The summed E-state index contributed by atoms with van der Waals surface area (Å²) in [6.45, 7) is -0.122. The number of amides is 1. The molecule has 0 saturated heterocycles. The lowest BCUT2D eigenvalue weighted by Crippen LogP contribution is -2.36. The molecule has 0 aliphatic carbocycles. The van der Waals surface area contributed by atoms with Crippen molar-refractivity contribution in [2.75, 3.05) is 18.1 Å². The topological polar surface area (TPSA) is 94.8 Å². The zero-order valence-corrected chi connectivity index (χ0v) is 14.9. The van der Waals surface area contributed by atoms with Gasteiger partial charge in [-0.1, -0.05) is 47.6 Å². The number of fused-ring (bicyclic) bond motifs is 1. The molecule has 1 amide bonds. The molecule has 4 rings (SSSR count). The molecule has 0 fully saturated rings. The molecule has 0 radical (unpaired) electrons. The molecule has 0 unspecified atom stereocenters. The number of benzene rings is 2. The highest BCUT2D eigenvalue weighted by molar-refractivity contribution is 5.99. The first kappa shape index (κ1) is 17.7. The Kier molecular flexibility index (Phi) is 5.01. The second kappa shape index (κ2) is 7.91. The number of nitrogens with zero attached hydrogens (tertiary/aromatic N) is 3. The Labute approximate surface area is 160 Å². The first-order valence-electron chi connectivity index (χ1n) is 8.76. The lowest BCUT2D eigenvalue weighted by atomic mass is 10.2. The summed E-state index contributed by atoms with van der Waals surface area (Å²) in [4.78, 5) is 30.2. The van der Waals surface area contributed by atoms with Gasteiger partial charge in [0.05, 0.1) is 18.7 Å². The van der Waals surface area contributed by atoms with E-state index in [1.165, 1.54) is 4.90 Å². The smallest absolute Gasteiger partial charge is 0.326 e. The van der Waals surface area contributed by atoms with Crippen LogP contribution < -0.4 is 9.64 Å². The van der Waals surface area contributed by atoms with Crippen LogP contribution in [-0.4, -0.2) is 35.2 Å². The predicted molar refractivity (Wildman–Crippen MR) is 98.4 cm³/mol. The number of hydrogen-bond donors (Lipinski definition) is 0. The summed E-state index contributed by atoms with van der Waals surface area (Å²) in [5.41, 5.74) is 1.35. The van der Waals surface area contributed by atoms with Crippen molar-refractivity contribution < 1.29 is 23.6 Å². The van der Waals surface area contributed by atoms with Gasteiger partial charge in [-0.15, -0.1) is 0 Å². The third-order valence-corrected chi connectivity index (χ3v) is 4.17. The van der Waals surface area contributed by atoms with Crippen molar-refractivity contribution >= 4 is 17.6 Å². The number of aromatic nitrogens is 2. The maximum atomic E-state index is 12.3. The van der Waals surface area contributed by atoms with Gasteiger partial charge in [0.15, 0.2) is 6.61 Å². The number of para-hydroxylation sites is 2. The van der Waals surface area contributed by atoms with E-state index < -0.39 is 5.97 Å². The van der Waals surface area contributed by atoms with Gasteiger partial charge in [0.25, 0.3) is 5.89 Å². The van der Waals surface area contributed by atoms with E-state index in [0.717, 1.165) is 5.56 Å². The fourth-order valence-corrected chi connectivity index (χ4v) is 2.83. The van der Waals surface area contributed by atoms with Crippen LogP contribution in [0.1, 0.15) is 12.3 Å². The number of esters is 1. The molecule has 142 valence electrons. The summed E-state index contributed by atoms with van der Waals surface area (Å²) in [6.07, 6.45) is 0.187. The van der Waals surface area contributed by atoms with Gasteiger partial charge in [-0.05, 0) is 12.1 Å². The third kappa shape index (κ3) is 3.85. The van der Waals surface area contributed by atoms with Crippen LogP contribution in [0.2, 0.25) is 0 Å². The molecule has 3 aromatic rings. The molecule has 2 heterocycles. The normalized spacial score (nSPS) is 13.4. The van der Waals surface area contributed by atoms with Crippen LogP contribution >= 0.6 is 0 Å². The molecular weight excluding hydrogens is 362 g/mol. The molecule has 0 atom stereocenters. The summed E-state index contributed by atoms with van der Waals surface area (Å²) in [6, 6.07) is 16.4. The van der Waals surface area contributed by atoms with Crippen LogP contribution in [0.15, 0.2) is 59.1 Å². The average molecular weight is 379 g/mol. The van der Waals surface area contributed by atoms with Crippen molar-refractivity contribution in [2.45, 2.75) is 13.0 Å². The molecule has 1 aliphatic rings. The molecule has 28 heavy (non-hydrogen) atoms. The highest BCUT2D eigenvalue weighted by Crippen LogP contribution is 2.30. The van der Waals surface area contributed by atoms with Crippen LogP contribution in [0.25, 0.3) is 11.4 Å². The van der Waals surface area contributed by atoms with E-state index in [2.05, 4.69) is 10.1 Å². The zero-order chi connectivity index (χ0) is 19.3. The third-order valence-electron chi connectivity index (χ3n) is 4.17. The highest BCUT2D eigenvalue weighted by atomic mass is 16.6. The van der Waals surface area contributed by atoms with E-state index >= 15 is 0 Å². The molecule has 0 N–H and O–H groups in total. The SMILES string of the molecule is O=C(CN1C(=O)CCOc2ccccc21)OCc1nc(-c2ccccc2)no1. The van der Waals surface area contributed by atoms with Gasteiger partial charge in [-0.2, -0.15) is 4.98 Å². The second-order valence-corrected chi connectivity index (χ2v) is 6.08. The molecular formula is C20H17N3O5. The highest BCUT2D eigenvalue weighted by Gasteiger charge is 2.25. The van der Waals surface area contributed by atoms with Gasteiger partial charge < -0.3 is 14.0 Å². The standard InChI is InChI=1S/C20H17N3O5/c24-18-10-11-26-16-9-5-4-8-15(16)23(18)12-19(25)27-13-17-21-20(22-28-17)14-6-2-1-3-7-14/h1-9H,10-13H2. The summed E-state index contributed by atoms with van der Waals surface area (Å²) >= 11 is 0. The van der Waals surface area contributed by atoms with Crippen molar-refractivity contribution in [3.63, 3.8) is 0 Å².